The molecule has 102 valence electrons. The highest BCUT2D eigenvalue weighted by atomic mass is 16.5. The summed E-state index contributed by atoms with van der Waals surface area (Å²) in [6.45, 7) is 0.502. The molecule has 1 atom stereocenters. The van der Waals surface area contributed by atoms with Crippen molar-refractivity contribution in [2.75, 3.05) is 13.7 Å². The Kier molecular flexibility index (Phi) is 4.04. The molecule has 0 aliphatic carbocycles. The lowest BCUT2D eigenvalue weighted by Gasteiger charge is -2.24. The van der Waals surface area contributed by atoms with Crippen LogP contribution in [0.15, 0.2) is 23.3 Å². The summed E-state index contributed by atoms with van der Waals surface area (Å²) in [4.78, 5) is 11.0. The maximum atomic E-state index is 11.0. The summed E-state index contributed by atoms with van der Waals surface area (Å²) in [5, 5.41) is 16.1. The minimum atomic E-state index is -0.315. The maximum absolute atomic E-state index is 11.0. The van der Waals surface area contributed by atoms with E-state index in [0.29, 0.717) is 12.3 Å². The number of phenols is 1. The zero-order chi connectivity index (χ0) is 13.7. The molecule has 0 aromatic heterocycles. The standard InChI is InChI=1S/C11H15N5O3/c1-19-9-4-7(2-3-8(9)17)5-12-15-10-6-13-16-11(18)14-10/h2-5,10,13,15,17H,6H2,1H3,(H2,14,16,18)/b12-5+. The number of hydrazine groups is 1. The second-order valence-electron chi connectivity index (χ2n) is 3.85. The monoisotopic (exact) mass is 265 g/mol. The number of hydrogen-bond donors (Lipinski definition) is 5. The molecule has 1 aliphatic heterocycles. The maximum Gasteiger partial charge on any atom is 0.330 e. The van der Waals surface area contributed by atoms with Crippen LogP contribution in [0.4, 0.5) is 4.79 Å². The molecule has 1 unspecified atom stereocenters. The quantitative estimate of drug-likeness (QED) is 0.371. The summed E-state index contributed by atoms with van der Waals surface area (Å²) >= 11 is 0. The zero-order valence-corrected chi connectivity index (χ0v) is 10.3. The lowest BCUT2D eigenvalue weighted by atomic mass is 10.2. The van der Waals surface area contributed by atoms with Crippen LogP contribution < -0.4 is 26.3 Å². The first-order valence-corrected chi connectivity index (χ1v) is 5.64. The number of rotatable bonds is 4. The van der Waals surface area contributed by atoms with Crippen LogP contribution in [0.1, 0.15) is 5.56 Å². The van der Waals surface area contributed by atoms with E-state index in [0.717, 1.165) is 5.56 Å². The average Bonchev–Trinajstić information content (AvgIpc) is 2.41. The van der Waals surface area contributed by atoms with Crippen molar-refractivity contribution in [2.45, 2.75) is 6.17 Å². The van der Waals surface area contributed by atoms with Crippen LogP contribution >= 0.6 is 0 Å². The molecule has 2 rings (SSSR count). The van der Waals surface area contributed by atoms with Gasteiger partial charge in [0, 0.05) is 0 Å². The van der Waals surface area contributed by atoms with Crippen LogP contribution in [-0.4, -0.2) is 37.2 Å². The van der Waals surface area contributed by atoms with Gasteiger partial charge in [0.15, 0.2) is 11.5 Å². The van der Waals surface area contributed by atoms with Gasteiger partial charge in [0.1, 0.15) is 6.17 Å². The number of hydrazone groups is 1. The van der Waals surface area contributed by atoms with E-state index in [9.17, 15) is 9.90 Å². The molecule has 1 heterocycles. The van der Waals surface area contributed by atoms with Gasteiger partial charge in [0.25, 0.3) is 0 Å². The normalized spacial score (nSPS) is 18.8. The van der Waals surface area contributed by atoms with Crippen molar-refractivity contribution in [3.8, 4) is 11.5 Å². The van der Waals surface area contributed by atoms with Crippen LogP contribution in [0.5, 0.6) is 11.5 Å². The van der Waals surface area contributed by atoms with E-state index in [1.54, 1.807) is 18.3 Å². The van der Waals surface area contributed by atoms with Crippen LogP contribution in [0.25, 0.3) is 0 Å². The van der Waals surface area contributed by atoms with Gasteiger partial charge in [-0.25, -0.2) is 10.2 Å². The van der Waals surface area contributed by atoms with Crippen molar-refractivity contribution in [3.63, 3.8) is 0 Å². The molecule has 1 saturated heterocycles. The van der Waals surface area contributed by atoms with Gasteiger partial charge in [-0.2, -0.15) is 5.10 Å². The van der Waals surface area contributed by atoms with Crippen molar-refractivity contribution >= 4 is 12.2 Å². The van der Waals surface area contributed by atoms with Crippen LogP contribution in [0.3, 0.4) is 0 Å². The Bertz CT molecular complexity index is 491. The van der Waals surface area contributed by atoms with E-state index in [4.69, 9.17) is 4.74 Å². The Labute approximate surface area is 109 Å². The second-order valence-corrected chi connectivity index (χ2v) is 3.85. The van der Waals surface area contributed by atoms with Gasteiger partial charge < -0.3 is 15.2 Å². The van der Waals surface area contributed by atoms with Crippen LogP contribution in [0, 0.1) is 0 Å². The molecule has 1 aliphatic rings. The Hall–Kier alpha value is -2.48. The fourth-order valence-corrected chi connectivity index (χ4v) is 1.53. The highest BCUT2D eigenvalue weighted by Crippen LogP contribution is 2.25. The predicted molar refractivity (Wildman–Crippen MR) is 68.8 cm³/mol. The molecule has 2 amide bonds. The highest BCUT2D eigenvalue weighted by molar-refractivity contribution is 5.80. The summed E-state index contributed by atoms with van der Waals surface area (Å²) in [6, 6.07) is 4.56. The number of amides is 2. The smallest absolute Gasteiger partial charge is 0.330 e. The molecule has 5 N–H and O–H groups in total. The number of methoxy groups -OCH3 is 1. The van der Waals surface area contributed by atoms with Crippen molar-refractivity contribution < 1.29 is 14.6 Å². The van der Waals surface area contributed by atoms with Gasteiger partial charge in [-0.3, -0.25) is 10.9 Å². The number of hydrogen-bond acceptors (Lipinski definition) is 6. The molecule has 0 radical (unpaired) electrons. The summed E-state index contributed by atoms with van der Waals surface area (Å²) in [5.74, 6) is 0.447. The first-order chi connectivity index (χ1) is 9.19. The number of phenolic OH excluding ortho intramolecular Hbond substituents is 1. The van der Waals surface area contributed by atoms with Crippen LogP contribution in [0.2, 0.25) is 0 Å². The molecule has 1 aromatic rings. The van der Waals surface area contributed by atoms with Gasteiger partial charge in [0.05, 0.1) is 19.9 Å². The number of benzene rings is 1. The van der Waals surface area contributed by atoms with Crippen LogP contribution in [-0.2, 0) is 0 Å². The Morgan fingerprint density at radius 3 is 3.16 bits per heavy atom. The molecule has 0 spiro atoms. The summed E-state index contributed by atoms with van der Waals surface area (Å²) in [6.07, 6.45) is 1.28. The summed E-state index contributed by atoms with van der Waals surface area (Å²) < 4.78 is 4.99. The number of nitrogens with one attached hydrogen (secondary N) is 4. The van der Waals surface area contributed by atoms with Gasteiger partial charge in [-0.15, -0.1) is 0 Å². The molecule has 8 heteroatoms. The van der Waals surface area contributed by atoms with Gasteiger partial charge >= 0.3 is 6.03 Å². The van der Waals surface area contributed by atoms with E-state index in [1.165, 1.54) is 13.2 Å². The molecule has 0 saturated carbocycles. The predicted octanol–water partition coefficient (Wildman–Crippen LogP) is -0.532. The number of carbonyl (C=O) groups excluding carboxylic acids is 1. The third-order valence-corrected chi connectivity index (χ3v) is 2.46. The molecule has 1 fully saturated rings. The number of urea groups is 1. The zero-order valence-electron chi connectivity index (χ0n) is 10.3. The summed E-state index contributed by atoms with van der Waals surface area (Å²) in [7, 11) is 1.48. The van der Waals surface area contributed by atoms with Crippen molar-refractivity contribution in [1.82, 2.24) is 21.6 Å². The molecular formula is C11H15N5O3. The van der Waals surface area contributed by atoms with E-state index in [1.807, 2.05) is 0 Å². The first-order valence-electron chi connectivity index (χ1n) is 5.64. The average molecular weight is 265 g/mol. The van der Waals surface area contributed by atoms with Gasteiger partial charge in [0.2, 0.25) is 0 Å². The Morgan fingerprint density at radius 2 is 2.42 bits per heavy atom. The minimum absolute atomic E-state index is 0.0717. The van der Waals surface area contributed by atoms with E-state index in [-0.39, 0.29) is 17.9 Å². The number of aromatic hydroxyl groups is 1. The Balaban J connectivity index is 1.93. The molecule has 8 nitrogen and oxygen atoms in total. The van der Waals surface area contributed by atoms with Crippen molar-refractivity contribution in [1.29, 1.82) is 0 Å². The SMILES string of the molecule is COc1cc(/C=N/NC2CNNC(=O)N2)ccc1O. The lowest BCUT2D eigenvalue weighted by Crippen LogP contribution is -2.62. The molecule has 0 bridgehead atoms. The minimum Gasteiger partial charge on any atom is -0.504 e. The highest BCUT2D eigenvalue weighted by Gasteiger charge is 2.15. The largest absolute Gasteiger partial charge is 0.504 e. The van der Waals surface area contributed by atoms with E-state index >= 15 is 0 Å². The number of ether oxygens (including phenoxy) is 1. The van der Waals surface area contributed by atoms with E-state index in [2.05, 4.69) is 26.7 Å². The fourth-order valence-electron chi connectivity index (χ4n) is 1.53. The number of carbonyl (C=O) groups is 1. The first kappa shape index (κ1) is 13.0. The van der Waals surface area contributed by atoms with Crippen molar-refractivity contribution in [3.05, 3.63) is 23.8 Å². The molecule has 19 heavy (non-hydrogen) atoms. The Morgan fingerprint density at radius 1 is 1.58 bits per heavy atom. The molecular weight excluding hydrogens is 250 g/mol. The van der Waals surface area contributed by atoms with Crippen molar-refractivity contribution in [2.24, 2.45) is 5.10 Å². The number of nitrogens with zero attached hydrogens (tertiary/aromatic N) is 1. The molecule has 1 aromatic carbocycles. The van der Waals surface area contributed by atoms with Gasteiger partial charge in [-0.05, 0) is 23.8 Å². The topological polar surface area (TPSA) is 107 Å². The fraction of sp³-hybridized carbons (Fsp3) is 0.273. The lowest BCUT2D eigenvalue weighted by molar-refractivity contribution is 0.217. The van der Waals surface area contributed by atoms with Gasteiger partial charge in [-0.1, -0.05) is 0 Å². The summed E-state index contributed by atoms with van der Waals surface area (Å²) in [5.41, 5.74) is 8.66. The third kappa shape index (κ3) is 3.49. The van der Waals surface area contributed by atoms with E-state index < -0.39 is 0 Å². The third-order valence-electron chi connectivity index (χ3n) is 2.46. The second kappa shape index (κ2) is 5.91.